The Morgan fingerprint density at radius 2 is 2.10 bits per heavy atom. The van der Waals surface area contributed by atoms with Crippen LogP contribution in [-0.4, -0.2) is 23.8 Å². The van der Waals surface area contributed by atoms with Gasteiger partial charge in [0.25, 0.3) is 0 Å². The summed E-state index contributed by atoms with van der Waals surface area (Å²) in [4.78, 5) is 0. The van der Waals surface area contributed by atoms with Gasteiger partial charge >= 0.3 is 5.51 Å². The lowest BCUT2D eigenvalue weighted by Gasteiger charge is -2.18. The number of halogens is 4. The molecule has 0 heterocycles. The minimum absolute atomic E-state index is 0.0885. The van der Waals surface area contributed by atoms with Gasteiger partial charge in [0.1, 0.15) is 0 Å². The molecule has 0 radical (unpaired) electrons. The molecule has 1 N–H and O–H groups in total. The van der Waals surface area contributed by atoms with Crippen molar-refractivity contribution in [2.24, 2.45) is 5.92 Å². The summed E-state index contributed by atoms with van der Waals surface area (Å²) in [5, 5.41) is 3.44. The molecule has 1 saturated carbocycles. The summed E-state index contributed by atoms with van der Waals surface area (Å²) in [6, 6.07) is 8.59. The molecular weight excluding hydrogens is 363 g/mol. The second-order valence-electron chi connectivity index (χ2n) is 5.47. The molecule has 1 nitrogen and oxygen atoms in total. The molecule has 0 saturated heterocycles. The molecule has 6 heteroatoms. The van der Waals surface area contributed by atoms with Crippen molar-refractivity contribution in [3.63, 3.8) is 0 Å². The van der Waals surface area contributed by atoms with Gasteiger partial charge in [-0.15, -0.1) is 0 Å². The fourth-order valence-corrected chi connectivity index (χ4v) is 3.36. The van der Waals surface area contributed by atoms with Gasteiger partial charge in [-0.05, 0) is 55.8 Å². The highest BCUT2D eigenvalue weighted by molar-refractivity contribution is 9.10. The van der Waals surface area contributed by atoms with Crippen LogP contribution < -0.4 is 5.32 Å². The molecule has 0 bridgehead atoms. The highest BCUT2D eigenvalue weighted by atomic mass is 79.9. The van der Waals surface area contributed by atoms with Gasteiger partial charge in [0, 0.05) is 16.3 Å². The number of hydrogen-bond acceptors (Lipinski definition) is 2. The fourth-order valence-electron chi connectivity index (χ4n) is 2.24. The molecule has 2 rings (SSSR count). The first kappa shape index (κ1) is 17.2. The summed E-state index contributed by atoms with van der Waals surface area (Å²) in [5.41, 5.74) is -2.95. The number of nitrogens with one attached hydrogen (secondary N) is 1. The van der Waals surface area contributed by atoms with E-state index >= 15 is 0 Å². The van der Waals surface area contributed by atoms with Gasteiger partial charge in [-0.2, -0.15) is 13.2 Å². The van der Waals surface area contributed by atoms with Crippen LogP contribution in [0.2, 0.25) is 0 Å². The van der Waals surface area contributed by atoms with Crippen LogP contribution in [0.1, 0.15) is 24.8 Å². The van der Waals surface area contributed by atoms with E-state index in [4.69, 9.17) is 0 Å². The minimum atomic E-state index is -4.12. The molecule has 0 aliphatic heterocycles. The number of thioether (sulfide) groups is 1. The third-order valence-electron chi connectivity index (χ3n) is 3.48. The second-order valence-corrected chi connectivity index (χ2v) is 7.54. The molecule has 1 unspecified atom stereocenters. The van der Waals surface area contributed by atoms with Crippen LogP contribution in [0, 0.1) is 5.92 Å². The molecule has 21 heavy (non-hydrogen) atoms. The van der Waals surface area contributed by atoms with E-state index < -0.39 is 5.51 Å². The highest BCUT2D eigenvalue weighted by Gasteiger charge is 2.28. The molecule has 1 aliphatic carbocycles. The average molecular weight is 382 g/mol. The average Bonchev–Trinajstić information content (AvgIpc) is 3.18. The zero-order valence-corrected chi connectivity index (χ0v) is 14.0. The maximum absolute atomic E-state index is 12.3. The van der Waals surface area contributed by atoms with Crippen LogP contribution >= 0.6 is 27.7 Å². The SMILES string of the molecule is FC(F)(F)SCCC(CNC1CC1)Cc1cccc(Br)c1. The Labute approximate surface area is 136 Å². The van der Waals surface area contributed by atoms with Crippen molar-refractivity contribution < 1.29 is 13.2 Å². The molecule has 0 aromatic heterocycles. The molecule has 0 amide bonds. The Kier molecular flexibility index (Phi) is 6.44. The van der Waals surface area contributed by atoms with Crippen molar-refractivity contribution in [1.29, 1.82) is 0 Å². The highest BCUT2D eigenvalue weighted by Crippen LogP contribution is 2.32. The Hall–Kier alpha value is -0.200. The molecule has 1 aromatic rings. The summed E-state index contributed by atoms with van der Waals surface area (Å²) < 4.78 is 37.8. The predicted molar refractivity (Wildman–Crippen MR) is 85.5 cm³/mol. The van der Waals surface area contributed by atoms with Crippen molar-refractivity contribution in [2.45, 2.75) is 37.2 Å². The maximum atomic E-state index is 12.3. The first-order valence-electron chi connectivity index (χ1n) is 7.11. The molecule has 1 fully saturated rings. The van der Waals surface area contributed by atoms with Crippen LogP contribution in [0.25, 0.3) is 0 Å². The van der Waals surface area contributed by atoms with Crippen molar-refractivity contribution in [3.05, 3.63) is 34.3 Å². The van der Waals surface area contributed by atoms with E-state index in [1.165, 1.54) is 18.4 Å². The van der Waals surface area contributed by atoms with Gasteiger partial charge < -0.3 is 5.32 Å². The molecule has 1 aliphatic rings. The van der Waals surface area contributed by atoms with E-state index in [1.54, 1.807) is 0 Å². The lowest BCUT2D eigenvalue weighted by atomic mass is 9.97. The maximum Gasteiger partial charge on any atom is 0.441 e. The summed E-state index contributed by atoms with van der Waals surface area (Å²) in [6.45, 7) is 0.801. The molecule has 1 aromatic carbocycles. The van der Waals surface area contributed by atoms with Gasteiger partial charge in [-0.1, -0.05) is 39.8 Å². The molecule has 0 spiro atoms. The van der Waals surface area contributed by atoms with Crippen LogP contribution in [0.15, 0.2) is 28.7 Å². The van der Waals surface area contributed by atoms with Crippen LogP contribution in [-0.2, 0) is 6.42 Å². The lowest BCUT2D eigenvalue weighted by Crippen LogP contribution is -2.26. The minimum Gasteiger partial charge on any atom is -0.314 e. The summed E-state index contributed by atoms with van der Waals surface area (Å²) in [5.74, 6) is 0.379. The van der Waals surface area contributed by atoms with Gasteiger partial charge in [-0.25, -0.2) is 0 Å². The van der Waals surface area contributed by atoms with Gasteiger partial charge in [0.05, 0.1) is 0 Å². The summed E-state index contributed by atoms with van der Waals surface area (Å²) in [7, 11) is 0. The first-order chi connectivity index (χ1) is 9.92. The molecular formula is C15H19BrF3NS. The normalized spacial score (nSPS) is 17.0. The predicted octanol–water partition coefficient (Wildman–Crippen LogP) is 5.00. The molecule has 118 valence electrons. The van der Waals surface area contributed by atoms with E-state index in [9.17, 15) is 13.2 Å². The lowest BCUT2D eigenvalue weighted by molar-refractivity contribution is -0.0328. The molecule has 1 atom stereocenters. The number of benzene rings is 1. The zero-order chi connectivity index (χ0) is 15.3. The van der Waals surface area contributed by atoms with Crippen molar-refractivity contribution in [1.82, 2.24) is 5.32 Å². The largest absolute Gasteiger partial charge is 0.441 e. The number of hydrogen-bond donors (Lipinski definition) is 1. The quantitative estimate of drug-likeness (QED) is 0.679. The van der Waals surface area contributed by atoms with E-state index in [-0.39, 0.29) is 23.4 Å². The fraction of sp³-hybridized carbons (Fsp3) is 0.600. The van der Waals surface area contributed by atoms with Gasteiger partial charge in [-0.3, -0.25) is 0 Å². The van der Waals surface area contributed by atoms with Crippen LogP contribution in [0.4, 0.5) is 13.2 Å². The van der Waals surface area contributed by atoms with Gasteiger partial charge in [0.2, 0.25) is 0 Å². The third-order valence-corrected chi connectivity index (χ3v) is 4.74. The third kappa shape index (κ3) is 7.56. The number of alkyl halides is 3. The van der Waals surface area contributed by atoms with E-state index in [0.29, 0.717) is 12.5 Å². The van der Waals surface area contributed by atoms with Crippen molar-refractivity contribution in [2.75, 3.05) is 12.3 Å². The van der Waals surface area contributed by atoms with Gasteiger partial charge in [0.15, 0.2) is 0 Å². The Morgan fingerprint density at radius 3 is 2.71 bits per heavy atom. The number of rotatable bonds is 8. The van der Waals surface area contributed by atoms with E-state index in [1.807, 2.05) is 24.3 Å². The Morgan fingerprint density at radius 1 is 1.33 bits per heavy atom. The van der Waals surface area contributed by atoms with E-state index in [0.717, 1.165) is 17.4 Å². The smallest absolute Gasteiger partial charge is 0.314 e. The van der Waals surface area contributed by atoms with Crippen molar-refractivity contribution in [3.8, 4) is 0 Å². The summed E-state index contributed by atoms with van der Waals surface area (Å²) in [6.07, 6.45) is 3.79. The van der Waals surface area contributed by atoms with Crippen LogP contribution in [0.3, 0.4) is 0 Å². The Bertz CT molecular complexity index is 449. The van der Waals surface area contributed by atoms with Crippen molar-refractivity contribution >= 4 is 27.7 Å². The second kappa shape index (κ2) is 7.88. The summed E-state index contributed by atoms with van der Waals surface area (Å²) >= 11 is 3.52. The monoisotopic (exact) mass is 381 g/mol. The van der Waals surface area contributed by atoms with E-state index in [2.05, 4.69) is 21.2 Å². The topological polar surface area (TPSA) is 12.0 Å². The Balaban J connectivity index is 1.84. The standard InChI is InChI=1S/C15H19BrF3NS/c16-13-3-1-2-11(9-13)8-12(10-20-14-4-5-14)6-7-21-15(17,18)19/h1-3,9,12,14,20H,4-8,10H2. The van der Waals surface area contributed by atoms with Crippen LogP contribution in [0.5, 0.6) is 0 Å². The zero-order valence-electron chi connectivity index (χ0n) is 11.6. The first-order valence-corrected chi connectivity index (χ1v) is 8.89.